The summed E-state index contributed by atoms with van der Waals surface area (Å²) in [6, 6.07) is 0. The number of hydrogen-bond acceptors (Lipinski definition) is 1. The third-order valence-electron chi connectivity index (χ3n) is 9.26. The smallest absolute Gasteiger partial charge is 0.172 e. The summed E-state index contributed by atoms with van der Waals surface area (Å²) < 4.78 is 36.3. The van der Waals surface area contributed by atoms with E-state index >= 15 is 8.78 Å². The maximum absolute atomic E-state index is 15.3. The van der Waals surface area contributed by atoms with Crippen LogP contribution < -0.4 is 0 Å². The average molecular weight is 471 g/mol. The molecule has 2 N–H and O–H groups in total. The standard InChI is InChI=1S/C29H38F2O.H2O.6H2/c1-4-6-7-8-18-28(3)29(32-28)26(30)19-25(20-27(29)31)24-16-14-23(15-17-24)22-12-10-21(9-5-2)11-13-22;;;;;;;/h1,21-27H,5,9-17,19-20H2,2-3H3;1H2;6*1H. The van der Waals surface area contributed by atoms with Gasteiger partial charge in [0, 0.05) is 8.56 Å². The molecule has 2 nitrogen and oxygen atoms in total. The molecule has 0 bridgehead atoms. The van der Waals surface area contributed by atoms with Crippen LogP contribution in [0.5, 0.6) is 0 Å². The van der Waals surface area contributed by atoms with E-state index in [0.717, 1.165) is 30.6 Å². The summed E-state index contributed by atoms with van der Waals surface area (Å²) in [6.07, 6.45) is 16.3. The molecule has 1 aliphatic heterocycles. The lowest BCUT2D eigenvalue weighted by Crippen LogP contribution is -2.49. The predicted molar refractivity (Wildman–Crippen MR) is 141 cm³/mol. The number of alkyl halides is 2. The molecule has 3 unspecified atom stereocenters. The van der Waals surface area contributed by atoms with Crippen LogP contribution in [0.4, 0.5) is 8.78 Å². The second-order valence-electron chi connectivity index (χ2n) is 11.0. The minimum atomic E-state index is -1.41. The fraction of sp³-hybridized carbons (Fsp3) is 0.793. The van der Waals surface area contributed by atoms with Gasteiger partial charge in [-0.15, -0.1) is 6.42 Å². The number of ether oxygens (including phenoxy) is 1. The van der Waals surface area contributed by atoms with E-state index in [0.29, 0.717) is 18.8 Å². The SMILES string of the molecule is C#CC#CC#CC1(C)OC12C(F)CC(C1CCC(C3CCC(CCC)CC3)CC1)CC2F.O.[HH].[HH].[HH].[HH].[HH].[HH]. The van der Waals surface area contributed by atoms with Crippen LogP contribution in [0.3, 0.4) is 0 Å². The summed E-state index contributed by atoms with van der Waals surface area (Å²) in [7, 11) is 0. The fourth-order valence-corrected chi connectivity index (χ4v) is 7.38. The fourth-order valence-electron chi connectivity index (χ4n) is 7.38. The molecule has 0 amide bonds. The summed E-state index contributed by atoms with van der Waals surface area (Å²) >= 11 is 0. The summed E-state index contributed by atoms with van der Waals surface area (Å²) in [5, 5.41) is 0. The van der Waals surface area contributed by atoms with Gasteiger partial charge < -0.3 is 10.2 Å². The molecule has 1 saturated heterocycles. The van der Waals surface area contributed by atoms with Crippen molar-refractivity contribution in [3.05, 3.63) is 0 Å². The van der Waals surface area contributed by atoms with Crippen molar-refractivity contribution in [1.82, 2.24) is 0 Å². The number of epoxide rings is 1. The summed E-state index contributed by atoms with van der Waals surface area (Å²) in [4.78, 5) is 0. The van der Waals surface area contributed by atoms with E-state index in [-0.39, 0.29) is 20.0 Å². The number of halogens is 2. The van der Waals surface area contributed by atoms with Crippen molar-refractivity contribution in [1.29, 1.82) is 0 Å². The van der Waals surface area contributed by atoms with Gasteiger partial charge in [-0.05, 0) is 112 Å². The van der Waals surface area contributed by atoms with Crippen molar-refractivity contribution in [3.63, 3.8) is 0 Å². The van der Waals surface area contributed by atoms with Crippen molar-refractivity contribution in [3.8, 4) is 36.0 Å². The van der Waals surface area contributed by atoms with Gasteiger partial charge in [0.1, 0.15) is 12.3 Å². The molecule has 3 atom stereocenters. The van der Waals surface area contributed by atoms with Crippen molar-refractivity contribution in [2.24, 2.45) is 29.6 Å². The molecule has 194 valence electrons. The Morgan fingerprint density at radius 2 is 1.36 bits per heavy atom. The van der Waals surface area contributed by atoms with Gasteiger partial charge >= 0.3 is 0 Å². The van der Waals surface area contributed by atoms with Crippen LogP contribution in [-0.2, 0) is 4.74 Å². The number of terminal acetylenes is 1. The van der Waals surface area contributed by atoms with Crippen molar-refractivity contribution in [2.75, 3.05) is 0 Å². The summed E-state index contributed by atoms with van der Waals surface area (Å²) in [6.45, 7) is 3.97. The zero-order valence-corrected chi connectivity index (χ0v) is 20.3. The highest BCUT2D eigenvalue weighted by Gasteiger charge is 2.77. The molecule has 1 heterocycles. The van der Waals surface area contributed by atoms with Gasteiger partial charge in [-0.3, -0.25) is 0 Å². The molecule has 0 aromatic carbocycles. The first-order valence-electron chi connectivity index (χ1n) is 12.9. The van der Waals surface area contributed by atoms with E-state index in [9.17, 15) is 0 Å². The highest BCUT2D eigenvalue weighted by atomic mass is 19.1. The minimum Gasteiger partial charge on any atom is -0.412 e. The van der Waals surface area contributed by atoms with Crippen molar-refractivity contribution < 1.29 is 27.6 Å². The highest BCUT2D eigenvalue weighted by molar-refractivity contribution is 5.42. The second-order valence-corrected chi connectivity index (χ2v) is 11.0. The number of hydrogen-bond donors (Lipinski definition) is 0. The van der Waals surface area contributed by atoms with Crippen LogP contribution in [-0.4, -0.2) is 29.0 Å². The first kappa shape index (κ1) is 26.1. The lowest BCUT2D eigenvalue weighted by molar-refractivity contribution is -0.0105. The van der Waals surface area contributed by atoms with E-state index in [1.165, 1.54) is 51.4 Å². The Morgan fingerprint density at radius 3 is 1.88 bits per heavy atom. The highest BCUT2D eigenvalue weighted by Crippen LogP contribution is 2.60. The molecule has 4 fully saturated rings. The van der Waals surface area contributed by atoms with Gasteiger partial charge in [-0.25, -0.2) is 8.78 Å². The Bertz CT molecular complexity index is 836. The Balaban J connectivity index is -0.000000875. The van der Waals surface area contributed by atoms with Gasteiger partial charge in [0.25, 0.3) is 0 Å². The molecule has 0 radical (unpaired) electrons. The first-order chi connectivity index (χ1) is 15.4. The average Bonchev–Trinajstić information content (AvgIpc) is 3.43. The molecular formula is C29H52F2O2. The molecule has 4 aliphatic rings. The van der Waals surface area contributed by atoms with Crippen LogP contribution in [0, 0.1) is 65.6 Å². The molecule has 4 rings (SSSR count). The Labute approximate surface area is 208 Å². The third kappa shape index (κ3) is 5.11. The van der Waals surface area contributed by atoms with Crippen LogP contribution in [0.2, 0.25) is 0 Å². The minimum absolute atomic E-state index is 0. The quantitative estimate of drug-likeness (QED) is 0.314. The van der Waals surface area contributed by atoms with E-state index in [4.69, 9.17) is 11.2 Å². The molecule has 3 saturated carbocycles. The molecule has 0 aromatic rings. The Kier molecular flexibility index (Phi) is 8.54. The molecule has 1 spiro atoms. The zero-order valence-electron chi connectivity index (χ0n) is 20.3. The topological polar surface area (TPSA) is 44.0 Å². The zero-order chi connectivity index (χ0) is 22.8. The van der Waals surface area contributed by atoms with E-state index in [1.807, 2.05) is 0 Å². The van der Waals surface area contributed by atoms with Crippen LogP contribution in [0.15, 0.2) is 0 Å². The largest absolute Gasteiger partial charge is 0.412 e. The number of rotatable bonds is 4. The van der Waals surface area contributed by atoms with E-state index < -0.39 is 23.5 Å². The maximum atomic E-state index is 15.3. The summed E-state index contributed by atoms with van der Waals surface area (Å²) in [5.41, 5.74) is -2.52. The van der Waals surface area contributed by atoms with Gasteiger partial charge in [0.2, 0.25) is 0 Å². The molecule has 33 heavy (non-hydrogen) atoms. The maximum Gasteiger partial charge on any atom is 0.172 e. The molecule has 0 aromatic heterocycles. The first-order valence-corrected chi connectivity index (χ1v) is 12.9. The lowest BCUT2D eigenvalue weighted by atomic mass is 9.63. The normalized spacial score (nSPS) is 44.3. The Hall–Kier alpha value is -1.54. The van der Waals surface area contributed by atoms with E-state index in [2.05, 4.69) is 36.5 Å². The Morgan fingerprint density at radius 1 is 0.848 bits per heavy atom. The third-order valence-corrected chi connectivity index (χ3v) is 9.26. The van der Waals surface area contributed by atoms with Crippen LogP contribution in [0.1, 0.15) is 99.5 Å². The van der Waals surface area contributed by atoms with Crippen molar-refractivity contribution >= 4 is 0 Å². The second kappa shape index (κ2) is 10.8. The molecular weight excluding hydrogens is 418 g/mol. The van der Waals surface area contributed by atoms with Gasteiger partial charge in [-0.2, -0.15) is 0 Å². The van der Waals surface area contributed by atoms with Crippen LogP contribution in [0.25, 0.3) is 0 Å². The summed E-state index contributed by atoms with van der Waals surface area (Å²) in [5.74, 6) is 15.8. The molecule has 3 aliphatic carbocycles. The van der Waals surface area contributed by atoms with Gasteiger partial charge in [-0.1, -0.05) is 38.5 Å². The van der Waals surface area contributed by atoms with Gasteiger partial charge in [0.05, 0.1) is 0 Å². The van der Waals surface area contributed by atoms with Crippen molar-refractivity contribution in [2.45, 2.75) is 114 Å². The van der Waals surface area contributed by atoms with E-state index in [1.54, 1.807) is 6.92 Å². The van der Waals surface area contributed by atoms with Gasteiger partial charge in [0.15, 0.2) is 11.2 Å². The lowest BCUT2D eigenvalue weighted by Gasteiger charge is -2.42. The monoisotopic (exact) mass is 470 g/mol. The predicted octanol–water partition coefficient (Wildman–Crippen LogP) is 7.30. The molecule has 4 heteroatoms. The van der Waals surface area contributed by atoms with Crippen LogP contribution >= 0.6 is 0 Å².